The standard InChI is InChI=1S/C22H27N3O4S/c1-2-17-8-6-10-19(14-17)29-16-22(26)24-18-9-7-11-20(15-18)30(27,28)25-21-12-4-3-5-13-23-21/h6-11,14-15H,2-5,12-13,16H2,1H3,(H,23,25)(H,24,26). The molecule has 1 aliphatic rings. The first-order chi connectivity index (χ1) is 14.5. The zero-order chi connectivity index (χ0) is 21.4. The summed E-state index contributed by atoms with van der Waals surface area (Å²) in [6, 6.07) is 13.7. The van der Waals surface area contributed by atoms with Crippen molar-refractivity contribution in [2.45, 2.75) is 43.9 Å². The van der Waals surface area contributed by atoms with Crippen molar-refractivity contribution >= 4 is 27.5 Å². The molecule has 0 radical (unpaired) electrons. The predicted octanol–water partition coefficient (Wildman–Crippen LogP) is 3.52. The van der Waals surface area contributed by atoms with Gasteiger partial charge in [-0.2, -0.15) is 0 Å². The van der Waals surface area contributed by atoms with Gasteiger partial charge in [-0.05, 0) is 55.2 Å². The minimum absolute atomic E-state index is 0.0730. The predicted molar refractivity (Wildman–Crippen MR) is 117 cm³/mol. The maximum Gasteiger partial charge on any atom is 0.262 e. The van der Waals surface area contributed by atoms with Crippen LogP contribution >= 0.6 is 0 Å². The van der Waals surface area contributed by atoms with E-state index in [0.717, 1.165) is 31.2 Å². The van der Waals surface area contributed by atoms with Crippen LogP contribution in [0.3, 0.4) is 0 Å². The molecule has 7 nitrogen and oxygen atoms in total. The normalized spacial score (nSPS) is 14.4. The molecule has 0 atom stereocenters. The zero-order valence-electron chi connectivity index (χ0n) is 17.1. The number of aliphatic imine (C=N–C) groups is 1. The quantitative estimate of drug-likeness (QED) is 0.704. The average molecular weight is 430 g/mol. The van der Waals surface area contributed by atoms with E-state index >= 15 is 0 Å². The summed E-state index contributed by atoms with van der Waals surface area (Å²) >= 11 is 0. The molecule has 30 heavy (non-hydrogen) atoms. The van der Waals surface area contributed by atoms with Crippen molar-refractivity contribution in [3.05, 3.63) is 54.1 Å². The summed E-state index contributed by atoms with van der Waals surface area (Å²) in [4.78, 5) is 16.6. The summed E-state index contributed by atoms with van der Waals surface area (Å²) in [6.45, 7) is 2.51. The van der Waals surface area contributed by atoms with Crippen molar-refractivity contribution in [1.29, 1.82) is 0 Å². The number of rotatable bonds is 7. The molecule has 3 rings (SSSR count). The molecule has 0 fully saturated rings. The third-order valence-corrected chi connectivity index (χ3v) is 6.11. The monoisotopic (exact) mass is 429 g/mol. The SMILES string of the molecule is CCc1cccc(OCC(=O)Nc2cccc(S(=O)(=O)NC3=NCCCCC3)c2)c1. The molecule has 0 saturated carbocycles. The maximum atomic E-state index is 12.7. The van der Waals surface area contributed by atoms with Crippen LogP contribution in [0.5, 0.6) is 5.75 Å². The fourth-order valence-corrected chi connectivity index (χ4v) is 4.25. The van der Waals surface area contributed by atoms with E-state index < -0.39 is 10.0 Å². The van der Waals surface area contributed by atoms with Gasteiger partial charge in [0.15, 0.2) is 6.61 Å². The van der Waals surface area contributed by atoms with Gasteiger partial charge in [-0.25, -0.2) is 8.42 Å². The van der Waals surface area contributed by atoms with Crippen molar-refractivity contribution in [2.75, 3.05) is 18.5 Å². The number of sulfonamides is 1. The highest BCUT2D eigenvalue weighted by molar-refractivity contribution is 7.90. The summed E-state index contributed by atoms with van der Waals surface area (Å²) in [5.41, 5.74) is 1.51. The molecular weight excluding hydrogens is 402 g/mol. The van der Waals surface area contributed by atoms with Crippen molar-refractivity contribution < 1.29 is 17.9 Å². The lowest BCUT2D eigenvalue weighted by Gasteiger charge is -2.12. The summed E-state index contributed by atoms with van der Waals surface area (Å²) in [6.07, 6.45) is 4.43. The molecule has 2 aromatic carbocycles. The van der Waals surface area contributed by atoms with Crippen LogP contribution in [0.15, 0.2) is 58.4 Å². The lowest BCUT2D eigenvalue weighted by molar-refractivity contribution is -0.118. The molecule has 2 N–H and O–H groups in total. The molecule has 0 aliphatic carbocycles. The van der Waals surface area contributed by atoms with Crippen LogP contribution in [-0.2, 0) is 21.2 Å². The molecule has 0 bridgehead atoms. The van der Waals surface area contributed by atoms with Gasteiger partial charge in [-0.1, -0.05) is 31.5 Å². The Morgan fingerprint density at radius 1 is 1.10 bits per heavy atom. The van der Waals surface area contributed by atoms with Crippen LogP contribution in [0.1, 0.15) is 38.2 Å². The summed E-state index contributed by atoms with van der Waals surface area (Å²) in [5.74, 6) is 0.742. The highest BCUT2D eigenvalue weighted by Crippen LogP contribution is 2.17. The first-order valence-electron chi connectivity index (χ1n) is 10.1. The molecule has 2 aromatic rings. The first-order valence-corrected chi connectivity index (χ1v) is 11.6. The van der Waals surface area contributed by atoms with Gasteiger partial charge in [0.05, 0.1) is 4.90 Å². The summed E-state index contributed by atoms with van der Waals surface area (Å²) in [7, 11) is -3.76. The fourth-order valence-electron chi connectivity index (χ4n) is 3.11. The van der Waals surface area contributed by atoms with Crippen molar-refractivity contribution in [3.63, 3.8) is 0 Å². The number of nitrogens with zero attached hydrogens (tertiary/aromatic N) is 1. The first kappa shape index (κ1) is 21.8. The second-order valence-electron chi connectivity index (χ2n) is 7.11. The van der Waals surface area contributed by atoms with E-state index in [1.807, 2.05) is 25.1 Å². The number of hydrogen-bond acceptors (Lipinski definition) is 5. The number of nitrogens with one attached hydrogen (secondary N) is 2. The van der Waals surface area contributed by atoms with Crippen molar-refractivity contribution in [2.24, 2.45) is 4.99 Å². The van der Waals surface area contributed by atoms with Crippen LogP contribution < -0.4 is 14.8 Å². The Hall–Kier alpha value is -2.87. The molecule has 1 aliphatic heterocycles. The van der Waals surface area contributed by atoms with E-state index in [2.05, 4.69) is 15.0 Å². The number of amidine groups is 1. The van der Waals surface area contributed by atoms with Gasteiger partial charge in [-0.3, -0.25) is 14.5 Å². The van der Waals surface area contributed by atoms with E-state index in [4.69, 9.17) is 4.74 Å². The second-order valence-corrected chi connectivity index (χ2v) is 8.79. The number of anilines is 1. The Morgan fingerprint density at radius 2 is 1.93 bits per heavy atom. The average Bonchev–Trinajstić information content (AvgIpc) is 3.01. The van der Waals surface area contributed by atoms with Gasteiger partial charge in [0.2, 0.25) is 0 Å². The van der Waals surface area contributed by atoms with Crippen molar-refractivity contribution in [3.8, 4) is 5.75 Å². The number of hydrogen-bond donors (Lipinski definition) is 2. The van der Waals surface area contributed by atoms with Crippen LogP contribution in [0, 0.1) is 0 Å². The van der Waals surface area contributed by atoms with E-state index in [9.17, 15) is 13.2 Å². The van der Waals surface area contributed by atoms with Gasteiger partial charge < -0.3 is 10.1 Å². The van der Waals surface area contributed by atoms with Crippen molar-refractivity contribution in [1.82, 2.24) is 4.72 Å². The Bertz CT molecular complexity index is 1020. The van der Waals surface area contributed by atoms with E-state index in [1.54, 1.807) is 18.2 Å². The molecule has 1 amide bonds. The zero-order valence-corrected chi connectivity index (χ0v) is 17.9. The third-order valence-electron chi connectivity index (χ3n) is 4.73. The van der Waals surface area contributed by atoms with Gasteiger partial charge in [0, 0.05) is 18.7 Å². The lowest BCUT2D eigenvalue weighted by atomic mass is 10.2. The van der Waals surface area contributed by atoms with Gasteiger partial charge in [-0.15, -0.1) is 0 Å². The van der Waals surface area contributed by atoms with E-state index in [0.29, 0.717) is 30.2 Å². The smallest absolute Gasteiger partial charge is 0.262 e. The maximum absolute atomic E-state index is 12.7. The molecular formula is C22H27N3O4S. The number of carbonyl (C=O) groups is 1. The largest absolute Gasteiger partial charge is 0.484 e. The fraction of sp³-hybridized carbons (Fsp3) is 0.364. The van der Waals surface area contributed by atoms with Gasteiger partial charge >= 0.3 is 0 Å². The van der Waals surface area contributed by atoms with Gasteiger partial charge in [0.1, 0.15) is 11.6 Å². The molecule has 0 spiro atoms. The minimum Gasteiger partial charge on any atom is -0.484 e. The van der Waals surface area contributed by atoms with E-state index in [-0.39, 0.29) is 17.4 Å². The molecule has 1 heterocycles. The Balaban J connectivity index is 1.61. The van der Waals surface area contributed by atoms with E-state index in [1.165, 1.54) is 12.1 Å². The summed E-state index contributed by atoms with van der Waals surface area (Å²) in [5, 5.41) is 2.68. The van der Waals surface area contributed by atoms with Crippen LogP contribution in [0.2, 0.25) is 0 Å². The Morgan fingerprint density at radius 3 is 2.77 bits per heavy atom. The minimum atomic E-state index is -3.76. The lowest BCUT2D eigenvalue weighted by Crippen LogP contribution is -2.30. The number of benzene rings is 2. The van der Waals surface area contributed by atoms with Crippen LogP contribution in [0.25, 0.3) is 0 Å². The summed E-state index contributed by atoms with van der Waals surface area (Å²) < 4.78 is 33.5. The van der Waals surface area contributed by atoms with Crippen LogP contribution in [-0.4, -0.2) is 33.3 Å². The highest BCUT2D eigenvalue weighted by atomic mass is 32.2. The number of amides is 1. The third kappa shape index (κ3) is 6.32. The molecule has 0 saturated heterocycles. The molecule has 0 unspecified atom stereocenters. The Kier molecular flexibility index (Phi) is 7.46. The van der Waals surface area contributed by atoms with Crippen LogP contribution in [0.4, 0.5) is 5.69 Å². The topological polar surface area (TPSA) is 96.9 Å². The number of aryl methyl sites for hydroxylation is 1. The Labute approximate surface area is 177 Å². The number of ether oxygens (including phenoxy) is 1. The highest BCUT2D eigenvalue weighted by Gasteiger charge is 2.18. The molecule has 160 valence electrons. The second kappa shape index (κ2) is 10.2. The van der Waals surface area contributed by atoms with Gasteiger partial charge in [0.25, 0.3) is 15.9 Å². The molecule has 8 heteroatoms. The molecule has 0 aromatic heterocycles. The number of carbonyl (C=O) groups excluding carboxylic acids is 1.